The van der Waals surface area contributed by atoms with Crippen molar-refractivity contribution < 1.29 is 51.0 Å². The average Bonchev–Trinajstić information content (AvgIpc) is 2.50. The SMILES string of the molecule is C=CCOc1ccc(C2=[C-]CC(Br)C(=O)N2CC(F)F)c(Cl)c1.[Y]. The Hall–Kier alpha value is -0.296. The number of rotatable bonds is 6. The molecule has 0 spiro atoms. The summed E-state index contributed by atoms with van der Waals surface area (Å²) in [6, 6.07) is 4.86. The van der Waals surface area contributed by atoms with E-state index in [1.165, 1.54) is 0 Å². The molecular formula is C16H14BrClF2NO2Y-. The molecule has 2 rings (SSSR count). The number of ether oxygens (including phenoxy) is 1. The number of amides is 1. The quantitative estimate of drug-likeness (QED) is 0.335. The molecule has 1 heterocycles. The van der Waals surface area contributed by atoms with Crippen molar-refractivity contribution in [1.82, 2.24) is 4.90 Å². The Bertz CT molecular complexity index is 643. The maximum atomic E-state index is 12.8. The minimum Gasteiger partial charge on any atom is -0.490 e. The predicted octanol–water partition coefficient (Wildman–Crippen LogP) is 4.31. The summed E-state index contributed by atoms with van der Waals surface area (Å²) >= 11 is 9.39. The number of alkyl halides is 3. The van der Waals surface area contributed by atoms with E-state index in [9.17, 15) is 13.6 Å². The molecule has 0 fully saturated rings. The van der Waals surface area contributed by atoms with Crippen molar-refractivity contribution in [2.45, 2.75) is 17.7 Å². The van der Waals surface area contributed by atoms with Crippen LogP contribution in [0.25, 0.3) is 5.70 Å². The van der Waals surface area contributed by atoms with Crippen LogP contribution < -0.4 is 4.74 Å². The first-order chi connectivity index (χ1) is 10.9. The number of carbonyl (C=O) groups excluding carboxylic acids is 1. The first-order valence-corrected chi connectivity index (χ1v) is 8.11. The van der Waals surface area contributed by atoms with Crippen LogP contribution in [-0.2, 0) is 37.5 Å². The van der Waals surface area contributed by atoms with Crippen LogP contribution in [0.2, 0.25) is 5.02 Å². The van der Waals surface area contributed by atoms with Crippen molar-refractivity contribution in [2.24, 2.45) is 0 Å². The molecule has 24 heavy (non-hydrogen) atoms. The number of hydrogen-bond acceptors (Lipinski definition) is 2. The van der Waals surface area contributed by atoms with Crippen LogP contribution in [0, 0.1) is 6.08 Å². The maximum Gasteiger partial charge on any atom is 0.256 e. The molecule has 0 bridgehead atoms. The summed E-state index contributed by atoms with van der Waals surface area (Å²) in [7, 11) is 0. The van der Waals surface area contributed by atoms with E-state index in [-0.39, 0.29) is 38.4 Å². The Morgan fingerprint density at radius 3 is 2.83 bits per heavy atom. The minimum absolute atomic E-state index is 0. The van der Waals surface area contributed by atoms with Gasteiger partial charge in [0, 0.05) is 32.7 Å². The summed E-state index contributed by atoms with van der Waals surface area (Å²) in [6.45, 7) is 3.18. The molecule has 1 aliphatic rings. The monoisotopic (exact) mass is 493 g/mol. The average molecular weight is 495 g/mol. The van der Waals surface area contributed by atoms with Crippen molar-refractivity contribution in [1.29, 1.82) is 0 Å². The van der Waals surface area contributed by atoms with Gasteiger partial charge in [0.05, 0.1) is 11.4 Å². The fraction of sp³-hybridized carbons (Fsp3) is 0.312. The maximum absolute atomic E-state index is 12.8. The fourth-order valence-corrected chi connectivity index (χ4v) is 2.81. The van der Waals surface area contributed by atoms with Gasteiger partial charge in [-0.25, -0.2) is 14.9 Å². The molecule has 1 aliphatic heterocycles. The summed E-state index contributed by atoms with van der Waals surface area (Å²) in [4.78, 5) is 12.6. The van der Waals surface area contributed by atoms with E-state index in [1.807, 2.05) is 0 Å². The van der Waals surface area contributed by atoms with E-state index in [0.29, 0.717) is 29.4 Å². The molecule has 1 unspecified atom stereocenters. The summed E-state index contributed by atoms with van der Waals surface area (Å²) in [5.74, 6) is 0.0993. The second-order valence-corrected chi connectivity index (χ2v) is 6.29. The number of nitrogens with zero attached hydrogens (tertiary/aromatic N) is 1. The van der Waals surface area contributed by atoms with Crippen molar-refractivity contribution in [3.05, 3.63) is 47.5 Å². The van der Waals surface area contributed by atoms with Gasteiger partial charge in [-0.1, -0.05) is 35.0 Å². The molecule has 0 aromatic heterocycles. The molecule has 0 aliphatic carbocycles. The van der Waals surface area contributed by atoms with E-state index >= 15 is 0 Å². The van der Waals surface area contributed by atoms with Crippen molar-refractivity contribution >= 4 is 39.1 Å². The molecule has 8 heteroatoms. The van der Waals surface area contributed by atoms with E-state index in [0.717, 1.165) is 4.90 Å². The molecule has 0 saturated heterocycles. The van der Waals surface area contributed by atoms with Gasteiger partial charge in [0.1, 0.15) is 12.4 Å². The van der Waals surface area contributed by atoms with E-state index in [4.69, 9.17) is 16.3 Å². The number of carbonyl (C=O) groups is 1. The Morgan fingerprint density at radius 1 is 1.54 bits per heavy atom. The number of allylic oxidation sites excluding steroid dienone is 1. The van der Waals surface area contributed by atoms with Gasteiger partial charge in [0.2, 0.25) is 5.91 Å². The predicted molar refractivity (Wildman–Crippen MR) is 88.8 cm³/mol. The third kappa shape index (κ3) is 5.35. The van der Waals surface area contributed by atoms with Crippen LogP contribution in [0.15, 0.2) is 30.9 Å². The molecule has 1 atom stereocenters. The van der Waals surface area contributed by atoms with Gasteiger partial charge in [0.15, 0.2) is 0 Å². The van der Waals surface area contributed by atoms with Crippen molar-refractivity contribution in [2.75, 3.05) is 13.2 Å². The van der Waals surface area contributed by atoms with Gasteiger partial charge >= 0.3 is 0 Å². The molecular weight excluding hydrogens is 480 g/mol. The Labute approximate surface area is 178 Å². The summed E-state index contributed by atoms with van der Waals surface area (Å²) in [5.41, 5.74) is 0.734. The standard InChI is InChI=1S/C16H14BrClF2NO2.Y/c1-2-7-23-10-3-4-11(13(18)8-10)14-6-5-12(17)16(22)21(14)9-15(19)20;/h2-4,8,12,15H,1,5,7,9H2;/q-1;. The Balaban J connectivity index is 0.00000288. The van der Waals surface area contributed by atoms with Gasteiger partial charge in [-0.15, -0.1) is 28.9 Å². The topological polar surface area (TPSA) is 29.5 Å². The van der Waals surface area contributed by atoms with Gasteiger partial charge in [-0.2, -0.15) is 0 Å². The summed E-state index contributed by atoms with van der Waals surface area (Å²) in [6.07, 6.45) is 2.21. The van der Waals surface area contributed by atoms with Crippen molar-refractivity contribution in [3.8, 4) is 5.75 Å². The normalized spacial score (nSPS) is 17.4. The fourth-order valence-electron chi connectivity index (χ4n) is 2.14. The molecule has 1 amide bonds. The molecule has 1 aromatic rings. The Morgan fingerprint density at radius 2 is 2.25 bits per heavy atom. The van der Waals surface area contributed by atoms with Crippen LogP contribution in [-0.4, -0.2) is 35.2 Å². The molecule has 3 nitrogen and oxygen atoms in total. The van der Waals surface area contributed by atoms with E-state index in [1.54, 1.807) is 24.3 Å². The zero-order chi connectivity index (χ0) is 17.0. The molecule has 1 aromatic carbocycles. The first kappa shape index (κ1) is 21.7. The largest absolute Gasteiger partial charge is 0.490 e. The third-order valence-corrected chi connectivity index (χ3v) is 4.16. The van der Waals surface area contributed by atoms with Crippen LogP contribution in [0.5, 0.6) is 5.75 Å². The second kappa shape index (κ2) is 10.00. The summed E-state index contributed by atoms with van der Waals surface area (Å²) in [5, 5.41) is 0.300. The van der Waals surface area contributed by atoms with Gasteiger partial charge in [-0.05, 0) is 17.2 Å². The number of hydrogen-bond donors (Lipinski definition) is 0. The number of benzene rings is 1. The van der Waals surface area contributed by atoms with E-state index in [2.05, 4.69) is 28.6 Å². The number of halogens is 4. The zero-order valence-electron chi connectivity index (χ0n) is 12.6. The minimum atomic E-state index is -2.65. The van der Waals surface area contributed by atoms with Crippen molar-refractivity contribution in [3.63, 3.8) is 0 Å². The van der Waals surface area contributed by atoms with Crippen LogP contribution in [0.3, 0.4) is 0 Å². The summed E-state index contributed by atoms with van der Waals surface area (Å²) < 4.78 is 31.0. The van der Waals surface area contributed by atoms with Crippen LogP contribution in [0.4, 0.5) is 8.78 Å². The van der Waals surface area contributed by atoms with E-state index < -0.39 is 23.7 Å². The zero-order valence-corrected chi connectivity index (χ0v) is 17.8. The van der Waals surface area contributed by atoms with Gasteiger partial charge < -0.3 is 9.64 Å². The molecule has 1 radical (unpaired) electrons. The molecule has 0 saturated carbocycles. The first-order valence-electron chi connectivity index (χ1n) is 6.82. The Kier molecular flexibility index (Phi) is 9.06. The smallest absolute Gasteiger partial charge is 0.256 e. The van der Waals surface area contributed by atoms with Crippen LogP contribution in [0.1, 0.15) is 12.0 Å². The van der Waals surface area contributed by atoms with Gasteiger partial charge in [0.25, 0.3) is 6.43 Å². The third-order valence-electron chi connectivity index (χ3n) is 3.14. The molecule has 127 valence electrons. The van der Waals surface area contributed by atoms with Crippen LogP contribution >= 0.6 is 27.5 Å². The molecule has 0 N–H and O–H groups in total. The van der Waals surface area contributed by atoms with Gasteiger partial charge in [-0.3, -0.25) is 4.79 Å². The second-order valence-electron chi connectivity index (χ2n) is 4.78.